The summed E-state index contributed by atoms with van der Waals surface area (Å²) < 4.78 is 0. The van der Waals surface area contributed by atoms with Gasteiger partial charge in [0.25, 0.3) is 0 Å². The van der Waals surface area contributed by atoms with Gasteiger partial charge in [-0.15, -0.1) is 24.0 Å². The van der Waals surface area contributed by atoms with Crippen LogP contribution in [0.5, 0.6) is 0 Å². The van der Waals surface area contributed by atoms with Crippen molar-refractivity contribution < 1.29 is 2.85 Å². The van der Waals surface area contributed by atoms with Gasteiger partial charge in [0.1, 0.15) is 0 Å². The van der Waals surface area contributed by atoms with Gasteiger partial charge in [-0.2, -0.15) is 0 Å². The summed E-state index contributed by atoms with van der Waals surface area (Å²) in [5, 5.41) is 0. The molecule has 1 aromatic heterocycles. The molecule has 1 aliphatic rings. The first-order chi connectivity index (χ1) is 5.88. The molecule has 1 saturated heterocycles. The molecular formula is C10H17IN2+2. The summed E-state index contributed by atoms with van der Waals surface area (Å²) in [7, 11) is 2.19. The van der Waals surface area contributed by atoms with Crippen molar-refractivity contribution in [3.05, 3.63) is 30.1 Å². The maximum Gasteiger partial charge on any atom is 1.00 e. The number of rotatable bonds is 1. The fourth-order valence-electron chi connectivity index (χ4n) is 1.90. The number of nitrogens with zero attached hydrogens (tertiary/aromatic N) is 2. The van der Waals surface area contributed by atoms with Crippen molar-refractivity contribution in [2.45, 2.75) is 18.9 Å². The van der Waals surface area contributed by atoms with E-state index in [-0.39, 0.29) is 26.8 Å². The number of aromatic nitrogens is 1. The molecule has 0 amide bonds. The molecule has 1 aromatic rings. The fraction of sp³-hybridized carbons (Fsp3) is 0.500. The minimum Gasteiger partial charge on any atom is -0.299 e. The summed E-state index contributed by atoms with van der Waals surface area (Å²) in [4.78, 5) is 6.54. The quantitative estimate of drug-likeness (QED) is 0.740. The van der Waals surface area contributed by atoms with Gasteiger partial charge in [0.2, 0.25) is 0 Å². The van der Waals surface area contributed by atoms with Crippen LogP contribution in [0.3, 0.4) is 0 Å². The smallest absolute Gasteiger partial charge is 0.299 e. The van der Waals surface area contributed by atoms with Gasteiger partial charge >= 0.3 is 2.85 Å². The molecule has 1 aliphatic heterocycles. The van der Waals surface area contributed by atoms with Crippen LogP contribution in [0.2, 0.25) is 0 Å². The van der Waals surface area contributed by atoms with Crippen molar-refractivity contribution in [1.82, 2.24) is 9.88 Å². The highest BCUT2D eigenvalue weighted by Gasteiger charge is 2.21. The largest absolute Gasteiger partial charge is 1.00 e. The Labute approximate surface area is 99.3 Å². The van der Waals surface area contributed by atoms with Crippen molar-refractivity contribution in [3.63, 3.8) is 0 Å². The van der Waals surface area contributed by atoms with Gasteiger partial charge in [0, 0.05) is 18.4 Å². The molecule has 2 rings (SSSR count). The molecule has 0 aliphatic carbocycles. The molecule has 1 fully saturated rings. The lowest BCUT2D eigenvalue weighted by atomic mass is 10.1. The molecule has 0 saturated carbocycles. The van der Waals surface area contributed by atoms with Crippen molar-refractivity contribution in [2.75, 3.05) is 13.6 Å². The zero-order chi connectivity index (χ0) is 8.39. The zero-order valence-corrected chi connectivity index (χ0v) is 10.1. The SMILES string of the molecule is CN1CCC[C@H]1c1cccnc1.I.[H+].[H+]. The van der Waals surface area contributed by atoms with Crippen LogP contribution in [-0.2, 0) is 0 Å². The Hall–Kier alpha value is -0.160. The molecule has 2 nitrogen and oxygen atoms in total. The minimum absolute atomic E-state index is 0. The summed E-state index contributed by atoms with van der Waals surface area (Å²) in [5.74, 6) is 0. The van der Waals surface area contributed by atoms with Crippen LogP contribution < -0.4 is 0 Å². The van der Waals surface area contributed by atoms with E-state index >= 15 is 0 Å². The van der Waals surface area contributed by atoms with Gasteiger partial charge in [-0.05, 0) is 38.1 Å². The summed E-state index contributed by atoms with van der Waals surface area (Å²) in [6.07, 6.45) is 6.41. The lowest BCUT2D eigenvalue weighted by Crippen LogP contribution is -2.17. The summed E-state index contributed by atoms with van der Waals surface area (Å²) >= 11 is 0. The van der Waals surface area contributed by atoms with Crippen LogP contribution in [0.25, 0.3) is 0 Å². The Balaban J connectivity index is 0. The number of hydrogen-bond donors (Lipinski definition) is 0. The summed E-state index contributed by atoms with van der Waals surface area (Å²) in [5.41, 5.74) is 1.36. The molecule has 3 heteroatoms. The van der Waals surface area contributed by atoms with Crippen molar-refractivity contribution >= 4 is 24.0 Å². The van der Waals surface area contributed by atoms with E-state index in [2.05, 4.69) is 23.0 Å². The molecule has 2 heterocycles. The van der Waals surface area contributed by atoms with E-state index in [0.29, 0.717) is 6.04 Å². The van der Waals surface area contributed by atoms with Gasteiger partial charge in [0.15, 0.2) is 0 Å². The first-order valence-corrected chi connectivity index (χ1v) is 4.48. The fourth-order valence-corrected chi connectivity index (χ4v) is 1.90. The number of likely N-dealkylation sites (tertiary alicyclic amines) is 1. The first kappa shape index (κ1) is 10.9. The highest BCUT2D eigenvalue weighted by Crippen LogP contribution is 2.29. The van der Waals surface area contributed by atoms with Gasteiger partial charge in [0.05, 0.1) is 0 Å². The maximum absolute atomic E-state index is 4.14. The Bertz CT molecular complexity index is 259. The monoisotopic (exact) mass is 292 g/mol. The Kier molecular flexibility index (Phi) is 4.12. The average molecular weight is 292 g/mol. The third-order valence-electron chi connectivity index (χ3n) is 2.59. The molecule has 0 unspecified atom stereocenters. The van der Waals surface area contributed by atoms with Gasteiger partial charge in [-0.3, -0.25) is 9.88 Å². The molecule has 0 N–H and O–H groups in total. The molecule has 72 valence electrons. The Morgan fingerprint density at radius 1 is 1.62 bits per heavy atom. The topological polar surface area (TPSA) is 16.1 Å². The zero-order valence-electron chi connectivity index (χ0n) is 9.81. The molecule has 0 aromatic carbocycles. The van der Waals surface area contributed by atoms with Crippen LogP contribution in [0, 0.1) is 0 Å². The molecular weight excluding hydrogens is 275 g/mol. The van der Waals surface area contributed by atoms with E-state index in [1.165, 1.54) is 24.9 Å². The second-order valence-electron chi connectivity index (χ2n) is 3.42. The average Bonchev–Trinajstić information content (AvgIpc) is 2.53. The maximum atomic E-state index is 4.14. The van der Waals surface area contributed by atoms with E-state index in [0.717, 1.165) is 0 Å². The highest BCUT2D eigenvalue weighted by atomic mass is 127. The third kappa shape index (κ3) is 2.40. The van der Waals surface area contributed by atoms with Crippen LogP contribution in [0.4, 0.5) is 0 Å². The molecule has 0 radical (unpaired) electrons. The van der Waals surface area contributed by atoms with E-state index in [4.69, 9.17) is 0 Å². The van der Waals surface area contributed by atoms with Gasteiger partial charge in [-0.25, -0.2) is 0 Å². The summed E-state index contributed by atoms with van der Waals surface area (Å²) in [6, 6.07) is 4.79. The van der Waals surface area contributed by atoms with Crippen LogP contribution in [0.1, 0.15) is 27.3 Å². The number of halogens is 1. The van der Waals surface area contributed by atoms with E-state index < -0.39 is 0 Å². The molecule has 13 heavy (non-hydrogen) atoms. The lowest BCUT2D eigenvalue weighted by molar-refractivity contribution is 0.317. The second-order valence-corrected chi connectivity index (χ2v) is 3.42. The van der Waals surface area contributed by atoms with Crippen molar-refractivity contribution in [2.24, 2.45) is 0 Å². The van der Waals surface area contributed by atoms with Crippen LogP contribution in [0.15, 0.2) is 24.5 Å². The predicted molar refractivity (Wildman–Crippen MR) is 66.5 cm³/mol. The Morgan fingerprint density at radius 3 is 3.00 bits per heavy atom. The molecule has 0 spiro atoms. The van der Waals surface area contributed by atoms with Crippen LogP contribution in [-0.4, -0.2) is 23.5 Å². The molecule has 0 bridgehead atoms. The lowest BCUT2D eigenvalue weighted by Gasteiger charge is -2.18. The Morgan fingerprint density at radius 2 is 2.46 bits per heavy atom. The number of pyridine rings is 1. The number of hydrogen-bond acceptors (Lipinski definition) is 2. The van der Waals surface area contributed by atoms with E-state index in [9.17, 15) is 0 Å². The van der Waals surface area contributed by atoms with E-state index in [1.54, 1.807) is 0 Å². The van der Waals surface area contributed by atoms with Crippen LogP contribution >= 0.6 is 24.0 Å². The summed E-state index contributed by atoms with van der Waals surface area (Å²) in [6.45, 7) is 1.22. The third-order valence-corrected chi connectivity index (χ3v) is 2.59. The van der Waals surface area contributed by atoms with Crippen molar-refractivity contribution in [1.29, 1.82) is 0 Å². The first-order valence-electron chi connectivity index (χ1n) is 4.48. The van der Waals surface area contributed by atoms with Crippen molar-refractivity contribution in [3.8, 4) is 0 Å². The predicted octanol–water partition coefficient (Wildman–Crippen LogP) is 2.69. The highest BCUT2D eigenvalue weighted by molar-refractivity contribution is 14.0. The second kappa shape index (κ2) is 4.91. The normalized spacial score (nSPS) is 22.7. The minimum atomic E-state index is 0. The standard InChI is InChI=1S/C10H14N2.HI/c1-12-7-3-5-10(12)9-4-2-6-11-8-9;/h2,4,6,8,10H,3,5,7H2,1H3;1H/p+2/t10-;/m0./s1. The van der Waals surface area contributed by atoms with Gasteiger partial charge in [-0.1, -0.05) is 6.07 Å². The van der Waals surface area contributed by atoms with E-state index in [1.807, 2.05) is 18.5 Å². The van der Waals surface area contributed by atoms with Gasteiger partial charge < -0.3 is 0 Å². The molecule has 1 atom stereocenters.